The van der Waals surface area contributed by atoms with Crippen molar-refractivity contribution in [2.24, 2.45) is 5.92 Å². The van der Waals surface area contributed by atoms with Crippen molar-refractivity contribution in [2.45, 2.75) is 19.8 Å². The van der Waals surface area contributed by atoms with Crippen molar-refractivity contribution in [3.63, 3.8) is 0 Å². The summed E-state index contributed by atoms with van der Waals surface area (Å²) < 4.78 is 5.24. The van der Waals surface area contributed by atoms with Crippen LogP contribution in [0.1, 0.15) is 30.1 Å². The summed E-state index contributed by atoms with van der Waals surface area (Å²) in [5.41, 5.74) is 9.15. The SMILES string of the molecule is COc1ccccc1C(=O)Nc1ccc(N2CCC(C)CC2)c(N)c1. The minimum Gasteiger partial charge on any atom is -0.496 e. The summed E-state index contributed by atoms with van der Waals surface area (Å²) >= 11 is 0. The number of carbonyl (C=O) groups is 1. The molecule has 1 amide bonds. The number of nitrogens with zero attached hydrogens (tertiary/aromatic N) is 1. The molecule has 1 aliphatic rings. The Morgan fingerprint density at radius 1 is 1.20 bits per heavy atom. The molecular weight excluding hydrogens is 314 g/mol. The zero-order chi connectivity index (χ0) is 17.8. The molecule has 0 aromatic heterocycles. The summed E-state index contributed by atoms with van der Waals surface area (Å²) in [5.74, 6) is 1.11. The number of benzene rings is 2. The molecule has 1 saturated heterocycles. The average molecular weight is 339 g/mol. The lowest BCUT2D eigenvalue weighted by Crippen LogP contribution is -2.33. The van der Waals surface area contributed by atoms with E-state index in [1.807, 2.05) is 30.3 Å². The minimum atomic E-state index is -0.212. The van der Waals surface area contributed by atoms with Gasteiger partial charge in [-0.15, -0.1) is 0 Å². The summed E-state index contributed by atoms with van der Waals surface area (Å²) in [6, 6.07) is 12.9. The Morgan fingerprint density at radius 3 is 2.60 bits per heavy atom. The van der Waals surface area contributed by atoms with Crippen LogP contribution in [0.5, 0.6) is 5.75 Å². The molecule has 25 heavy (non-hydrogen) atoms. The molecule has 5 heteroatoms. The Kier molecular flexibility index (Phi) is 5.12. The number of ether oxygens (including phenoxy) is 1. The van der Waals surface area contributed by atoms with E-state index in [9.17, 15) is 4.79 Å². The van der Waals surface area contributed by atoms with Gasteiger partial charge in [-0.1, -0.05) is 19.1 Å². The van der Waals surface area contributed by atoms with E-state index in [2.05, 4.69) is 17.1 Å². The molecule has 2 aromatic carbocycles. The van der Waals surface area contributed by atoms with Crippen molar-refractivity contribution in [3.8, 4) is 5.75 Å². The van der Waals surface area contributed by atoms with Gasteiger partial charge in [-0.25, -0.2) is 0 Å². The highest BCUT2D eigenvalue weighted by Gasteiger charge is 2.18. The number of nitrogen functional groups attached to an aromatic ring is 1. The van der Waals surface area contributed by atoms with Gasteiger partial charge >= 0.3 is 0 Å². The molecule has 1 heterocycles. The molecule has 2 aromatic rings. The van der Waals surface area contributed by atoms with Gasteiger partial charge < -0.3 is 20.7 Å². The number of para-hydroxylation sites is 1. The Bertz CT molecular complexity index is 752. The molecule has 132 valence electrons. The van der Waals surface area contributed by atoms with Gasteiger partial charge in [0.05, 0.1) is 24.0 Å². The van der Waals surface area contributed by atoms with Gasteiger partial charge in [-0.2, -0.15) is 0 Å². The zero-order valence-corrected chi connectivity index (χ0v) is 14.8. The average Bonchev–Trinajstić information content (AvgIpc) is 2.63. The van der Waals surface area contributed by atoms with E-state index < -0.39 is 0 Å². The lowest BCUT2D eigenvalue weighted by Gasteiger charge is -2.33. The van der Waals surface area contributed by atoms with Crippen molar-refractivity contribution in [2.75, 3.05) is 36.1 Å². The van der Waals surface area contributed by atoms with Crippen LogP contribution in [0.3, 0.4) is 0 Å². The Labute approximate surface area is 148 Å². The van der Waals surface area contributed by atoms with Gasteiger partial charge in [0.25, 0.3) is 5.91 Å². The Balaban J connectivity index is 1.73. The molecule has 0 radical (unpaired) electrons. The van der Waals surface area contributed by atoms with Crippen molar-refractivity contribution < 1.29 is 9.53 Å². The van der Waals surface area contributed by atoms with E-state index in [4.69, 9.17) is 10.5 Å². The number of rotatable bonds is 4. The summed E-state index contributed by atoms with van der Waals surface area (Å²) in [6.07, 6.45) is 2.37. The highest BCUT2D eigenvalue weighted by atomic mass is 16.5. The molecular formula is C20H25N3O2. The van der Waals surface area contributed by atoms with Gasteiger partial charge in [0.15, 0.2) is 0 Å². The van der Waals surface area contributed by atoms with Gasteiger partial charge in [-0.05, 0) is 49.1 Å². The first kappa shape index (κ1) is 17.1. The molecule has 0 unspecified atom stereocenters. The van der Waals surface area contributed by atoms with Crippen molar-refractivity contribution >= 4 is 23.0 Å². The fourth-order valence-electron chi connectivity index (χ4n) is 3.20. The number of piperidine rings is 1. The Morgan fingerprint density at radius 2 is 1.92 bits per heavy atom. The highest BCUT2D eigenvalue weighted by molar-refractivity contribution is 6.06. The van der Waals surface area contributed by atoms with Crippen molar-refractivity contribution in [1.29, 1.82) is 0 Å². The van der Waals surface area contributed by atoms with Crippen LogP contribution < -0.4 is 20.7 Å². The second-order valence-corrected chi connectivity index (χ2v) is 6.60. The van der Waals surface area contributed by atoms with Crippen molar-refractivity contribution in [3.05, 3.63) is 48.0 Å². The van der Waals surface area contributed by atoms with Gasteiger partial charge in [0, 0.05) is 18.8 Å². The molecule has 0 atom stereocenters. The van der Waals surface area contributed by atoms with Crippen LogP contribution in [0.15, 0.2) is 42.5 Å². The van der Waals surface area contributed by atoms with E-state index in [0.717, 1.165) is 24.7 Å². The smallest absolute Gasteiger partial charge is 0.259 e. The van der Waals surface area contributed by atoms with Crippen LogP contribution in [0, 0.1) is 5.92 Å². The van der Waals surface area contributed by atoms with Crippen LogP contribution in [0.25, 0.3) is 0 Å². The largest absolute Gasteiger partial charge is 0.496 e. The van der Waals surface area contributed by atoms with E-state index in [1.165, 1.54) is 12.8 Å². The third-order valence-corrected chi connectivity index (χ3v) is 4.76. The fraction of sp³-hybridized carbons (Fsp3) is 0.350. The summed E-state index contributed by atoms with van der Waals surface area (Å²) in [6.45, 7) is 4.34. The standard InChI is InChI=1S/C20H25N3O2/c1-14-9-11-23(12-10-14)18-8-7-15(13-17(18)21)22-20(24)16-5-3-4-6-19(16)25-2/h3-8,13-14H,9-12,21H2,1-2H3,(H,22,24). The number of hydrogen-bond acceptors (Lipinski definition) is 4. The lowest BCUT2D eigenvalue weighted by atomic mass is 9.98. The third-order valence-electron chi connectivity index (χ3n) is 4.76. The molecule has 0 bridgehead atoms. The first-order chi connectivity index (χ1) is 12.1. The third kappa shape index (κ3) is 3.87. The second kappa shape index (κ2) is 7.47. The monoisotopic (exact) mass is 339 g/mol. The molecule has 1 fully saturated rings. The van der Waals surface area contributed by atoms with Gasteiger partial charge in [0.2, 0.25) is 0 Å². The maximum Gasteiger partial charge on any atom is 0.259 e. The van der Waals surface area contributed by atoms with Crippen LogP contribution in [-0.2, 0) is 0 Å². The van der Waals surface area contributed by atoms with Crippen LogP contribution in [0.4, 0.5) is 17.1 Å². The van der Waals surface area contributed by atoms with E-state index >= 15 is 0 Å². The number of anilines is 3. The molecule has 5 nitrogen and oxygen atoms in total. The fourth-order valence-corrected chi connectivity index (χ4v) is 3.20. The van der Waals surface area contributed by atoms with E-state index in [1.54, 1.807) is 19.2 Å². The number of amides is 1. The molecule has 3 N–H and O–H groups in total. The summed E-state index contributed by atoms with van der Waals surface area (Å²) in [7, 11) is 1.55. The molecule has 3 rings (SSSR count). The van der Waals surface area contributed by atoms with E-state index in [0.29, 0.717) is 22.7 Å². The second-order valence-electron chi connectivity index (χ2n) is 6.60. The number of hydrogen-bond donors (Lipinski definition) is 2. The highest BCUT2D eigenvalue weighted by Crippen LogP contribution is 2.30. The maximum absolute atomic E-state index is 12.5. The Hall–Kier alpha value is -2.69. The van der Waals surface area contributed by atoms with E-state index in [-0.39, 0.29) is 5.91 Å². The van der Waals surface area contributed by atoms with Crippen LogP contribution in [-0.4, -0.2) is 26.1 Å². The van der Waals surface area contributed by atoms with Gasteiger partial charge in [-0.3, -0.25) is 4.79 Å². The summed E-state index contributed by atoms with van der Waals surface area (Å²) in [5, 5.41) is 2.89. The number of methoxy groups -OCH3 is 1. The van der Waals surface area contributed by atoms with Gasteiger partial charge in [0.1, 0.15) is 5.75 Å². The number of nitrogens with two attached hydrogens (primary N) is 1. The van der Waals surface area contributed by atoms with Crippen LogP contribution >= 0.6 is 0 Å². The lowest BCUT2D eigenvalue weighted by molar-refractivity contribution is 0.102. The predicted octanol–water partition coefficient (Wildman–Crippen LogP) is 3.77. The molecule has 0 saturated carbocycles. The number of nitrogens with one attached hydrogen (secondary N) is 1. The van der Waals surface area contributed by atoms with Crippen molar-refractivity contribution in [1.82, 2.24) is 0 Å². The first-order valence-electron chi connectivity index (χ1n) is 8.67. The topological polar surface area (TPSA) is 67.6 Å². The molecule has 1 aliphatic heterocycles. The quantitative estimate of drug-likeness (QED) is 0.832. The predicted molar refractivity (Wildman–Crippen MR) is 102 cm³/mol. The normalized spacial score (nSPS) is 15.0. The minimum absolute atomic E-state index is 0.212. The molecule has 0 spiro atoms. The zero-order valence-electron chi connectivity index (χ0n) is 14.8. The first-order valence-corrected chi connectivity index (χ1v) is 8.67. The summed E-state index contributed by atoms with van der Waals surface area (Å²) in [4.78, 5) is 14.8. The molecule has 0 aliphatic carbocycles. The van der Waals surface area contributed by atoms with Crippen LogP contribution in [0.2, 0.25) is 0 Å². The maximum atomic E-state index is 12.5. The number of carbonyl (C=O) groups excluding carboxylic acids is 1.